The van der Waals surface area contributed by atoms with Gasteiger partial charge in [0.2, 0.25) is 0 Å². The smallest absolute Gasteiger partial charge is 0.335 e. The van der Waals surface area contributed by atoms with E-state index in [0.717, 1.165) is 0 Å². The van der Waals surface area contributed by atoms with Gasteiger partial charge in [-0.2, -0.15) is 0 Å². The van der Waals surface area contributed by atoms with Crippen LogP contribution in [0.2, 0.25) is 0 Å². The highest BCUT2D eigenvalue weighted by Crippen LogP contribution is 2.15. The Balaban J connectivity index is 2.78. The molecule has 6 heteroatoms. The average molecular weight is 253 g/mol. The van der Waals surface area contributed by atoms with E-state index in [2.05, 4.69) is 5.32 Å². The van der Waals surface area contributed by atoms with Gasteiger partial charge in [0, 0.05) is 5.69 Å². The second kappa shape index (κ2) is 6.61. The van der Waals surface area contributed by atoms with E-state index in [1.807, 2.05) is 0 Å². The van der Waals surface area contributed by atoms with Gasteiger partial charge in [0.1, 0.15) is 6.54 Å². The van der Waals surface area contributed by atoms with E-state index in [-0.39, 0.29) is 25.3 Å². The maximum Gasteiger partial charge on any atom is 0.335 e. The maximum atomic E-state index is 11.1. The molecule has 0 aliphatic heterocycles. The maximum absolute atomic E-state index is 11.1. The predicted molar refractivity (Wildman–Crippen MR) is 64.4 cm³/mol. The average Bonchev–Trinajstić information content (AvgIpc) is 2.36. The van der Waals surface area contributed by atoms with Crippen LogP contribution < -0.4 is 5.32 Å². The van der Waals surface area contributed by atoms with Crippen molar-refractivity contribution >= 4 is 17.6 Å². The summed E-state index contributed by atoms with van der Waals surface area (Å²) in [5.74, 6) is -1.52. The minimum atomic E-state index is -1.09. The predicted octanol–water partition coefficient (Wildman–Crippen LogP) is 0.852. The number of hydrogen-bond acceptors (Lipinski definition) is 5. The monoisotopic (exact) mass is 253 g/mol. The first-order valence-corrected chi connectivity index (χ1v) is 5.44. The van der Waals surface area contributed by atoms with Crippen LogP contribution in [0.25, 0.3) is 0 Å². The van der Waals surface area contributed by atoms with Crippen molar-refractivity contribution < 1.29 is 24.5 Å². The number of carbonyl (C=O) groups excluding carboxylic acids is 1. The molecule has 0 amide bonds. The number of aliphatic hydroxyl groups excluding tert-OH is 1. The summed E-state index contributed by atoms with van der Waals surface area (Å²) in [4.78, 5) is 22.0. The molecular formula is C12H15NO5. The lowest BCUT2D eigenvalue weighted by molar-refractivity contribution is -0.140. The van der Waals surface area contributed by atoms with Crippen molar-refractivity contribution in [1.82, 2.24) is 0 Å². The number of hydrogen-bond donors (Lipinski definition) is 3. The van der Waals surface area contributed by atoms with Gasteiger partial charge in [-0.05, 0) is 30.7 Å². The third kappa shape index (κ3) is 4.06. The Hall–Kier alpha value is -2.08. The molecule has 0 bridgehead atoms. The molecule has 0 aliphatic carbocycles. The molecule has 0 unspecified atom stereocenters. The van der Waals surface area contributed by atoms with E-state index in [9.17, 15) is 9.59 Å². The van der Waals surface area contributed by atoms with Gasteiger partial charge in [-0.1, -0.05) is 0 Å². The van der Waals surface area contributed by atoms with E-state index in [1.54, 1.807) is 13.0 Å². The van der Waals surface area contributed by atoms with Crippen LogP contribution in [-0.4, -0.2) is 35.3 Å². The minimum Gasteiger partial charge on any atom is -0.478 e. The molecule has 0 fully saturated rings. The van der Waals surface area contributed by atoms with Gasteiger partial charge in [0.25, 0.3) is 0 Å². The summed E-state index contributed by atoms with van der Waals surface area (Å²) in [7, 11) is 0. The third-order valence-corrected chi connectivity index (χ3v) is 2.16. The van der Waals surface area contributed by atoms with Crippen LogP contribution in [0.1, 0.15) is 22.8 Å². The highest BCUT2D eigenvalue weighted by molar-refractivity contribution is 5.89. The first kappa shape index (κ1) is 14.0. The van der Waals surface area contributed by atoms with E-state index >= 15 is 0 Å². The number of benzene rings is 1. The van der Waals surface area contributed by atoms with Gasteiger partial charge < -0.3 is 20.3 Å². The van der Waals surface area contributed by atoms with Crippen LogP contribution in [0, 0.1) is 0 Å². The first-order chi connectivity index (χ1) is 8.56. The molecular weight excluding hydrogens is 238 g/mol. The Labute approximate surface area is 104 Å². The van der Waals surface area contributed by atoms with Crippen molar-refractivity contribution in [2.24, 2.45) is 0 Å². The van der Waals surface area contributed by atoms with Crippen molar-refractivity contribution in [3.05, 3.63) is 29.3 Å². The zero-order valence-corrected chi connectivity index (χ0v) is 9.97. The van der Waals surface area contributed by atoms with E-state index < -0.39 is 11.9 Å². The van der Waals surface area contributed by atoms with Crippen LogP contribution in [0.3, 0.4) is 0 Å². The van der Waals surface area contributed by atoms with Crippen molar-refractivity contribution in [1.29, 1.82) is 0 Å². The van der Waals surface area contributed by atoms with Gasteiger partial charge in [-0.15, -0.1) is 0 Å². The van der Waals surface area contributed by atoms with Crippen molar-refractivity contribution in [2.45, 2.75) is 13.5 Å². The fourth-order valence-electron chi connectivity index (χ4n) is 1.40. The van der Waals surface area contributed by atoms with Gasteiger partial charge in [-0.25, -0.2) is 4.79 Å². The molecule has 3 N–H and O–H groups in total. The minimum absolute atomic E-state index is 0.0490. The zero-order chi connectivity index (χ0) is 13.5. The van der Waals surface area contributed by atoms with Crippen molar-refractivity contribution in [3.8, 4) is 0 Å². The van der Waals surface area contributed by atoms with Gasteiger partial charge in [0.15, 0.2) is 0 Å². The molecule has 0 saturated heterocycles. The number of carboxylic acid groups (broad SMARTS) is 1. The fourth-order valence-corrected chi connectivity index (χ4v) is 1.40. The molecule has 0 aliphatic rings. The molecule has 6 nitrogen and oxygen atoms in total. The second-order valence-corrected chi connectivity index (χ2v) is 3.54. The number of esters is 1. The van der Waals surface area contributed by atoms with Crippen molar-refractivity contribution in [2.75, 3.05) is 18.5 Å². The molecule has 1 rings (SSSR count). The normalized spacial score (nSPS) is 9.89. The van der Waals surface area contributed by atoms with E-state index in [1.165, 1.54) is 12.1 Å². The lowest BCUT2D eigenvalue weighted by Gasteiger charge is -2.08. The van der Waals surface area contributed by atoms with Gasteiger partial charge in [-0.3, -0.25) is 4.79 Å². The lowest BCUT2D eigenvalue weighted by Crippen LogP contribution is -2.17. The summed E-state index contributed by atoms with van der Waals surface area (Å²) in [5.41, 5.74) is 0.959. The Bertz CT molecular complexity index is 444. The summed E-state index contributed by atoms with van der Waals surface area (Å²) in [6.07, 6.45) is 0. The number of rotatable bonds is 6. The quantitative estimate of drug-likeness (QED) is 0.650. The molecule has 0 saturated carbocycles. The van der Waals surface area contributed by atoms with Crippen LogP contribution in [-0.2, 0) is 16.1 Å². The Morgan fingerprint density at radius 2 is 2.06 bits per heavy atom. The standard InChI is InChI=1S/C12H15NO5/c1-2-18-11(15)6-13-10-4-8(7-14)3-9(5-10)12(16)17/h3-5,13-14H,2,6-7H2,1H3,(H,16,17). The number of anilines is 1. The molecule has 1 aromatic rings. The second-order valence-electron chi connectivity index (χ2n) is 3.54. The molecule has 18 heavy (non-hydrogen) atoms. The van der Waals surface area contributed by atoms with Crippen LogP contribution in [0.5, 0.6) is 0 Å². The molecule has 0 atom stereocenters. The van der Waals surface area contributed by atoms with Gasteiger partial charge in [0.05, 0.1) is 18.8 Å². The van der Waals surface area contributed by atoms with E-state index in [4.69, 9.17) is 14.9 Å². The van der Waals surface area contributed by atoms with E-state index in [0.29, 0.717) is 11.3 Å². The fraction of sp³-hybridized carbons (Fsp3) is 0.333. The Kier molecular flexibility index (Phi) is 5.13. The Morgan fingerprint density at radius 3 is 2.61 bits per heavy atom. The van der Waals surface area contributed by atoms with Crippen LogP contribution >= 0.6 is 0 Å². The number of aromatic carboxylic acids is 1. The number of aliphatic hydroxyl groups is 1. The summed E-state index contributed by atoms with van der Waals surface area (Å²) in [5, 5.41) is 20.7. The number of carboxylic acids is 1. The molecule has 1 aromatic carbocycles. The molecule has 98 valence electrons. The zero-order valence-electron chi connectivity index (χ0n) is 9.97. The first-order valence-electron chi connectivity index (χ1n) is 5.44. The molecule has 0 heterocycles. The number of ether oxygens (including phenoxy) is 1. The summed E-state index contributed by atoms with van der Waals surface area (Å²) in [6.45, 7) is 1.67. The van der Waals surface area contributed by atoms with Crippen LogP contribution in [0.15, 0.2) is 18.2 Å². The number of nitrogens with one attached hydrogen (secondary N) is 1. The molecule has 0 spiro atoms. The molecule has 0 radical (unpaired) electrons. The topological polar surface area (TPSA) is 95.9 Å². The largest absolute Gasteiger partial charge is 0.478 e. The third-order valence-electron chi connectivity index (χ3n) is 2.16. The lowest BCUT2D eigenvalue weighted by atomic mass is 10.1. The molecule has 0 aromatic heterocycles. The van der Waals surface area contributed by atoms with Crippen LogP contribution in [0.4, 0.5) is 5.69 Å². The Morgan fingerprint density at radius 1 is 1.33 bits per heavy atom. The van der Waals surface area contributed by atoms with Gasteiger partial charge >= 0.3 is 11.9 Å². The summed E-state index contributed by atoms with van der Waals surface area (Å²) in [6, 6.07) is 4.34. The highest BCUT2D eigenvalue weighted by atomic mass is 16.5. The SMILES string of the molecule is CCOC(=O)CNc1cc(CO)cc(C(=O)O)c1. The number of carbonyl (C=O) groups is 2. The van der Waals surface area contributed by atoms with Crippen molar-refractivity contribution in [3.63, 3.8) is 0 Å². The summed E-state index contributed by atoms with van der Waals surface area (Å²) < 4.78 is 4.73. The summed E-state index contributed by atoms with van der Waals surface area (Å²) >= 11 is 0. The highest BCUT2D eigenvalue weighted by Gasteiger charge is 2.08.